The molecule has 2 heterocycles. The first-order valence-electron chi connectivity index (χ1n) is 9.27. The molecule has 0 radical (unpaired) electrons. The van der Waals surface area contributed by atoms with Crippen LogP contribution in [0.3, 0.4) is 0 Å². The van der Waals surface area contributed by atoms with Crippen LogP contribution in [-0.2, 0) is 29.0 Å². The maximum atomic E-state index is 12.8. The highest BCUT2D eigenvalue weighted by Crippen LogP contribution is 2.30. The normalized spacial score (nSPS) is 27.0. The van der Waals surface area contributed by atoms with E-state index in [4.69, 9.17) is 4.74 Å². The van der Waals surface area contributed by atoms with Crippen LogP contribution in [0.5, 0.6) is 0 Å². The largest absolute Gasteiger partial charge is 0.467 e. The number of nitrogens with one attached hydrogen (secondary N) is 1. The Bertz CT molecular complexity index is 770. The summed E-state index contributed by atoms with van der Waals surface area (Å²) in [6.45, 7) is 0. The Morgan fingerprint density at radius 3 is 2.52 bits per heavy atom. The lowest BCUT2D eigenvalue weighted by Crippen LogP contribution is -2.58. The fourth-order valence-electron chi connectivity index (χ4n) is 4.01. The van der Waals surface area contributed by atoms with Crippen molar-refractivity contribution < 1.29 is 27.5 Å². The van der Waals surface area contributed by atoms with Crippen molar-refractivity contribution in [2.24, 2.45) is 5.10 Å². The molecule has 0 spiro atoms. The van der Waals surface area contributed by atoms with Gasteiger partial charge in [-0.15, -0.1) is 0 Å². The molecule has 150 valence electrons. The minimum absolute atomic E-state index is 0.0178. The third-order valence-electron chi connectivity index (χ3n) is 5.51. The summed E-state index contributed by atoms with van der Waals surface area (Å²) >= 11 is 0. The first-order valence-corrected chi connectivity index (χ1v) is 11.1. The molecule has 1 saturated heterocycles. The van der Waals surface area contributed by atoms with Crippen LogP contribution in [-0.4, -0.2) is 67.1 Å². The molecule has 0 aromatic heterocycles. The Balaban J connectivity index is 1.77. The van der Waals surface area contributed by atoms with E-state index in [1.54, 1.807) is 0 Å². The lowest BCUT2D eigenvalue weighted by Gasteiger charge is -2.36. The van der Waals surface area contributed by atoms with Gasteiger partial charge in [-0.3, -0.25) is 9.59 Å². The average molecular weight is 399 g/mol. The Kier molecular flexibility index (Phi) is 5.55. The first-order chi connectivity index (χ1) is 12.8. The Morgan fingerprint density at radius 2 is 1.93 bits per heavy atom. The lowest BCUT2D eigenvalue weighted by molar-refractivity contribution is -0.152. The van der Waals surface area contributed by atoms with E-state index in [1.807, 2.05) is 0 Å². The second-order valence-electron chi connectivity index (χ2n) is 7.43. The molecule has 1 unspecified atom stereocenters. The second kappa shape index (κ2) is 7.57. The fraction of sp³-hybridized carbons (Fsp3) is 0.765. The molecular weight excluding hydrogens is 374 g/mol. The number of hydrogen-bond acceptors (Lipinski definition) is 7. The van der Waals surface area contributed by atoms with Crippen LogP contribution in [0.2, 0.25) is 0 Å². The van der Waals surface area contributed by atoms with Crippen molar-refractivity contribution in [3.05, 3.63) is 0 Å². The number of esters is 1. The van der Waals surface area contributed by atoms with Crippen LogP contribution in [0.4, 0.5) is 0 Å². The number of rotatable bonds is 4. The summed E-state index contributed by atoms with van der Waals surface area (Å²) in [5.41, 5.74) is -0.914. The zero-order chi connectivity index (χ0) is 19.7. The van der Waals surface area contributed by atoms with Gasteiger partial charge in [-0.1, -0.05) is 19.3 Å². The first kappa shape index (κ1) is 19.8. The van der Waals surface area contributed by atoms with Crippen molar-refractivity contribution in [3.63, 3.8) is 0 Å². The molecule has 3 rings (SSSR count). The van der Waals surface area contributed by atoms with E-state index >= 15 is 0 Å². The maximum absolute atomic E-state index is 12.8. The summed E-state index contributed by atoms with van der Waals surface area (Å²) in [6.07, 6.45) is 4.20. The minimum Gasteiger partial charge on any atom is -0.467 e. The van der Waals surface area contributed by atoms with Gasteiger partial charge in [0.25, 0.3) is 5.91 Å². The van der Waals surface area contributed by atoms with Gasteiger partial charge in [0.1, 0.15) is 11.3 Å². The molecular formula is C17H25N3O6S. The summed E-state index contributed by atoms with van der Waals surface area (Å²) in [6, 6.07) is -0.533. The van der Waals surface area contributed by atoms with Gasteiger partial charge in [-0.2, -0.15) is 5.10 Å². The highest BCUT2D eigenvalue weighted by Gasteiger charge is 2.43. The molecule has 10 heteroatoms. The summed E-state index contributed by atoms with van der Waals surface area (Å²) in [7, 11) is -1.88. The van der Waals surface area contributed by atoms with E-state index in [0.29, 0.717) is 19.3 Å². The van der Waals surface area contributed by atoms with Crippen molar-refractivity contribution in [1.29, 1.82) is 0 Å². The zero-order valence-electron chi connectivity index (χ0n) is 15.4. The quantitative estimate of drug-likeness (QED) is 0.671. The number of hydrogen-bond donors (Lipinski definition) is 1. The van der Waals surface area contributed by atoms with Gasteiger partial charge < -0.3 is 10.1 Å². The molecule has 1 saturated carbocycles. The van der Waals surface area contributed by atoms with Crippen LogP contribution in [0, 0.1) is 0 Å². The molecule has 9 nitrogen and oxygen atoms in total. The molecule has 1 atom stereocenters. The van der Waals surface area contributed by atoms with E-state index in [9.17, 15) is 22.8 Å². The van der Waals surface area contributed by atoms with Crippen molar-refractivity contribution in [3.8, 4) is 0 Å². The van der Waals surface area contributed by atoms with Crippen LogP contribution >= 0.6 is 0 Å². The number of carbonyl (C=O) groups is 3. The van der Waals surface area contributed by atoms with E-state index in [0.717, 1.165) is 24.3 Å². The Labute approximate surface area is 158 Å². The molecule has 3 aliphatic rings. The van der Waals surface area contributed by atoms with Crippen LogP contribution < -0.4 is 5.32 Å². The second-order valence-corrected chi connectivity index (χ2v) is 9.66. The predicted molar refractivity (Wildman–Crippen MR) is 96.5 cm³/mol. The van der Waals surface area contributed by atoms with Gasteiger partial charge in [0, 0.05) is 12.8 Å². The van der Waals surface area contributed by atoms with Gasteiger partial charge in [0.2, 0.25) is 5.91 Å². The molecule has 1 N–H and O–H groups in total. The number of methoxy groups -OCH3 is 1. The average Bonchev–Trinajstić information content (AvgIpc) is 3.01. The van der Waals surface area contributed by atoms with Crippen LogP contribution in [0.1, 0.15) is 51.4 Å². The smallest absolute Gasteiger partial charge is 0.331 e. The zero-order valence-corrected chi connectivity index (χ0v) is 16.2. The standard InChI is InChI=1S/C17H25N3O6S/c1-26-16(23)17(8-3-2-4-9-17)18-15(22)13-5-6-14(21)20(19-13)12-7-10-27(24,25)11-12/h12H,2-11H2,1H3,(H,18,22). The number of nitrogens with zero attached hydrogens (tertiary/aromatic N) is 2. The van der Waals surface area contributed by atoms with E-state index in [1.165, 1.54) is 7.11 Å². The molecule has 2 fully saturated rings. The molecule has 27 heavy (non-hydrogen) atoms. The maximum Gasteiger partial charge on any atom is 0.331 e. The summed E-state index contributed by atoms with van der Waals surface area (Å²) < 4.78 is 28.3. The highest BCUT2D eigenvalue weighted by atomic mass is 32.2. The van der Waals surface area contributed by atoms with Gasteiger partial charge in [-0.05, 0) is 19.3 Å². The third-order valence-corrected chi connectivity index (χ3v) is 7.26. The van der Waals surface area contributed by atoms with Crippen molar-refractivity contribution >= 4 is 33.3 Å². The molecule has 0 aromatic carbocycles. The number of amides is 2. The molecule has 0 bridgehead atoms. The number of hydrazone groups is 1. The van der Waals surface area contributed by atoms with Gasteiger partial charge in [-0.25, -0.2) is 18.2 Å². The van der Waals surface area contributed by atoms with Crippen LogP contribution in [0.25, 0.3) is 0 Å². The SMILES string of the molecule is COC(=O)C1(NC(=O)C2=NN(C3CCS(=O)(=O)C3)C(=O)CC2)CCCCC1. The van der Waals surface area contributed by atoms with Crippen LogP contribution in [0.15, 0.2) is 5.10 Å². The van der Waals surface area contributed by atoms with E-state index in [2.05, 4.69) is 10.4 Å². The number of carbonyl (C=O) groups excluding carboxylic acids is 3. The Morgan fingerprint density at radius 1 is 1.22 bits per heavy atom. The third kappa shape index (κ3) is 4.15. The van der Waals surface area contributed by atoms with Gasteiger partial charge >= 0.3 is 5.97 Å². The monoisotopic (exact) mass is 399 g/mol. The molecule has 2 amide bonds. The lowest BCUT2D eigenvalue weighted by atomic mass is 9.81. The van der Waals surface area contributed by atoms with Crippen molar-refractivity contribution in [2.45, 2.75) is 62.9 Å². The summed E-state index contributed by atoms with van der Waals surface area (Å²) in [5.74, 6) is -1.37. The fourth-order valence-corrected chi connectivity index (χ4v) is 5.70. The highest BCUT2D eigenvalue weighted by molar-refractivity contribution is 7.91. The number of sulfone groups is 1. The van der Waals surface area contributed by atoms with Gasteiger partial charge in [0.15, 0.2) is 9.84 Å². The Hall–Kier alpha value is -1.97. The van der Waals surface area contributed by atoms with E-state index < -0.39 is 33.3 Å². The number of ether oxygens (including phenoxy) is 1. The van der Waals surface area contributed by atoms with E-state index in [-0.39, 0.29) is 36.0 Å². The molecule has 0 aromatic rings. The summed E-state index contributed by atoms with van der Waals surface area (Å²) in [4.78, 5) is 37.3. The van der Waals surface area contributed by atoms with Gasteiger partial charge in [0.05, 0.1) is 24.7 Å². The molecule has 1 aliphatic carbocycles. The van der Waals surface area contributed by atoms with Crippen molar-refractivity contribution in [2.75, 3.05) is 18.6 Å². The molecule has 2 aliphatic heterocycles. The summed E-state index contributed by atoms with van der Waals surface area (Å²) in [5, 5.41) is 8.11. The minimum atomic E-state index is -3.18. The topological polar surface area (TPSA) is 122 Å². The predicted octanol–water partition coefficient (Wildman–Crippen LogP) is 0.144. The van der Waals surface area contributed by atoms with Crippen molar-refractivity contribution in [1.82, 2.24) is 10.3 Å².